The number of alkyl halides is 3. The van der Waals surface area contributed by atoms with Crippen LogP contribution in [0.3, 0.4) is 0 Å². The van der Waals surface area contributed by atoms with Crippen molar-refractivity contribution < 1.29 is 22.0 Å². The third-order valence-corrected chi connectivity index (χ3v) is 2.15. The zero-order chi connectivity index (χ0) is 10.6. The number of halogens is 5. The fourth-order valence-corrected chi connectivity index (χ4v) is 1.27. The van der Waals surface area contributed by atoms with Crippen LogP contribution in [-0.4, -0.2) is 6.18 Å². The Balaban J connectivity index is 2.37. The molecule has 2 rings (SSSR count). The second-order valence-electron chi connectivity index (χ2n) is 3.10. The van der Waals surface area contributed by atoms with Gasteiger partial charge >= 0.3 is 6.18 Å². The van der Waals surface area contributed by atoms with Gasteiger partial charge in [-0.25, -0.2) is 8.78 Å². The largest absolute Gasteiger partial charge is 0.419 e. The van der Waals surface area contributed by atoms with Crippen LogP contribution in [0, 0.1) is 17.3 Å². The zero-order valence-corrected chi connectivity index (χ0v) is 6.67. The van der Waals surface area contributed by atoms with E-state index in [1.165, 1.54) is 0 Å². The third kappa shape index (κ3) is 1.14. The molecule has 0 nitrogen and oxygen atoms in total. The van der Waals surface area contributed by atoms with Crippen molar-refractivity contribution in [2.75, 3.05) is 0 Å². The molecule has 1 spiro atoms. The number of hydrogen-bond acceptors (Lipinski definition) is 0. The second-order valence-corrected chi connectivity index (χ2v) is 3.10. The van der Waals surface area contributed by atoms with Crippen LogP contribution in [0.1, 0.15) is 6.42 Å². The minimum absolute atomic E-state index is 0.263. The molecular weight excluding hydrogens is 203 g/mol. The Bertz CT molecular complexity index is 405. The van der Waals surface area contributed by atoms with Crippen molar-refractivity contribution in [3.63, 3.8) is 0 Å². The first kappa shape index (κ1) is 9.25. The van der Waals surface area contributed by atoms with Crippen LogP contribution in [0.4, 0.5) is 22.0 Å². The van der Waals surface area contributed by atoms with Crippen molar-refractivity contribution in [2.24, 2.45) is 5.41 Å². The highest BCUT2D eigenvalue weighted by Gasteiger charge is 2.49. The summed E-state index contributed by atoms with van der Waals surface area (Å²) in [4.78, 5) is 0. The molecule has 0 bridgehead atoms. The molecule has 2 aliphatic carbocycles. The van der Waals surface area contributed by atoms with E-state index in [4.69, 9.17) is 0 Å². The molecule has 74 valence electrons. The molecule has 0 aromatic rings. The van der Waals surface area contributed by atoms with E-state index in [1.807, 2.05) is 0 Å². The fraction of sp³-hybridized carbons (Fsp3) is 0.333. The summed E-state index contributed by atoms with van der Waals surface area (Å²) in [5.74, 6) is 1.25. The molecule has 0 amide bonds. The summed E-state index contributed by atoms with van der Waals surface area (Å²) >= 11 is 0. The maximum absolute atomic E-state index is 13.0. The SMILES string of the molecule is FC1=C(F)C2(C#C2)CC=C1C(F)(F)F. The third-order valence-electron chi connectivity index (χ3n) is 2.15. The van der Waals surface area contributed by atoms with Gasteiger partial charge in [-0.15, -0.1) is 0 Å². The Morgan fingerprint density at radius 3 is 2.21 bits per heavy atom. The maximum Gasteiger partial charge on any atom is 0.419 e. The number of allylic oxidation sites excluding steroid dienone is 4. The molecule has 0 aromatic heterocycles. The normalized spacial score (nSPS) is 23.1. The molecule has 0 radical (unpaired) electrons. The van der Waals surface area contributed by atoms with Crippen molar-refractivity contribution in [3.05, 3.63) is 23.3 Å². The number of hydrogen-bond donors (Lipinski definition) is 0. The van der Waals surface area contributed by atoms with Gasteiger partial charge in [0, 0.05) is 6.42 Å². The van der Waals surface area contributed by atoms with Crippen LogP contribution < -0.4 is 0 Å². The molecule has 0 fully saturated rings. The van der Waals surface area contributed by atoms with Gasteiger partial charge in [-0.3, -0.25) is 0 Å². The molecule has 0 aliphatic heterocycles. The predicted octanol–water partition coefficient (Wildman–Crippen LogP) is 3.03. The molecule has 0 saturated heterocycles. The minimum Gasteiger partial charge on any atom is -0.206 e. The summed E-state index contributed by atoms with van der Waals surface area (Å²) in [7, 11) is 0. The second kappa shape index (κ2) is 2.38. The maximum atomic E-state index is 13.0. The van der Waals surface area contributed by atoms with Gasteiger partial charge in [0.05, 0.1) is 5.57 Å². The Labute approximate surface area is 76.1 Å². The Hall–Kier alpha value is -1.31. The van der Waals surface area contributed by atoms with Gasteiger partial charge in [-0.2, -0.15) is 13.2 Å². The zero-order valence-electron chi connectivity index (χ0n) is 6.67. The molecule has 0 unspecified atom stereocenters. The summed E-state index contributed by atoms with van der Waals surface area (Å²) in [6, 6.07) is 0. The highest BCUT2D eigenvalue weighted by atomic mass is 19.4. The van der Waals surface area contributed by atoms with E-state index < -0.39 is 28.8 Å². The fourth-order valence-electron chi connectivity index (χ4n) is 1.27. The van der Waals surface area contributed by atoms with E-state index in [0.717, 1.165) is 0 Å². The lowest BCUT2D eigenvalue weighted by Crippen LogP contribution is -2.20. The lowest BCUT2D eigenvalue weighted by atomic mass is 9.88. The van der Waals surface area contributed by atoms with E-state index in [0.29, 0.717) is 6.08 Å². The van der Waals surface area contributed by atoms with Gasteiger partial charge in [-0.05, 0) is 0 Å². The topological polar surface area (TPSA) is 0 Å². The van der Waals surface area contributed by atoms with Crippen molar-refractivity contribution in [3.8, 4) is 11.8 Å². The van der Waals surface area contributed by atoms with Crippen LogP contribution in [0.15, 0.2) is 23.3 Å². The Kier molecular flexibility index (Phi) is 1.57. The summed E-state index contributed by atoms with van der Waals surface area (Å²) in [5, 5.41) is 0. The van der Waals surface area contributed by atoms with Crippen molar-refractivity contribution in [1.82, 2.24) is 0 Å². The summed E-state index contributed by atoms with van der Waals surface area (Å²) < 4.78 is 62.2. The van der Waals surface area contributed by atoms with Gasteiger partial charge in [0.15, 0.2) is 11.7 Å². The first-order chi connectivity index (χ1) is 6.37. The molecule has 0 aromatic carbocycles. The van der Waals surface area contributed by atoms with Gasteiger partial charge < -0.3 is 0 Å². The van der Waals surface area contributed by atoms with E-state index in [9.17, 15) is 22.0 Å². The van der Waals surface area contributed by atoms with Crippen LogP contribution in [0.2, 0.25) is 0 Å². The van der Waals surface area contributed by atoms with E-state index in [1.54, 1.807) is 0 Å². The van der Waals surface area contributed by atoms with E-state index in [-0.39, 0.29) is 6.42 Å². The molecule has 0 N–H and O–H groups in total. The van der Waals surface area contributed by atoms with Crippen molar-refractivity contribution in [2.45, 2.75) is 12.6 Å². The first-order valence-electron chi connectivity index (χ1n) is 3.75. The lowest BCUT2D eigenvalue weighted by molar-refractivity contribution is -0.0922. The van der Waals surface area contributed by atoms with Gasteiger partial charge in [-0.1, -0.05) is 17.9 Å². The molecule has 0 saturated carbocycles. The first-order valence-corrected chi connectivity index (χ1v) is 3.75. The van der Waals surface area contributed by atoms with Crippen LogP contribution in [-0.2, 0) is 0 Å². The molecule has 2 aliphatic rings. The van der Waals surface area contributed by atoms with Crippen LogP contribution >= 0.6 is 0 Å². The van der Waals surface area contributed by atoms with Crippen molar-refractivity contribution in [1.29, 1.82) is 0 Å². The molecule has 14 heavy (non-hydrogen) atoms. The smallest absolute Gasteiger partial charge is 0.206 e. The summed E-state index contributed by atoms with van der Waals surface area (Å²) in [5.41, 5.74) is -2.98. The van der Waals surface area contributed by atoms with Crippen molar-refractivity contribution >= 4 is 0 Å². The molecular formula is C9H3F5. The standard InChI is InChI=1S/C9H3F5/c10-6-5(9(12,13)14)1-2-8(3-4-8)7(6)11/h1H,2H2. The highest BCUT2D eigenvalue weighted by molar-refractivity contribution is 5.56. The summed E-state index contributed by atoms with van der Waals surface area (Å²) in [6.07, 6.45) is -4.48. The number of rotatable bonds is 0. The van der Waals surface area contributed by atoms with Gasteiger partial charge in [0.25, 0.3) is 0 Å². The van der Waals surface area contributed by atoms with E-state index >= 15 is 0 Å². The molecule has 0 heterocycles. The van der Waals surface area contributed by atoms with Gasteiger partial charge in [0.1, 0.15) is 5.41 Å². The average molecular weight is 206 g/mol. The Morgan fingerprint density at radius 2 is 1.79 bits per heavy atom. The average Bonchev–Trinajstić information content (AvgIpc) is 2.80. The van der Waals surface area contributed by atoms with E-state index in [2.05, 4.69) is 11.8 Å². The van der Waals surface area contributed by atoms with Gasteiger partial charge in [0.2, 0.25) is 0 Å². The molecule has 0 atom stereocenters. The monoisotopic (exact) mass is 206 g/mol. The Morgan fingerprint density at radius 1 is 1.21 bits per heavy atom. The minimum atomic E-state index is -4.85. The quantitative estimate of drug-likeness (QED) is 0.422. The lowest BCUT2D eigenvalue weighted by Gasteiger charge is -2.19. The molecule has 5 heteroatoms. The summed E-state index contributed by atoms with van der Waals surface area (Å²) in [6.45, 7) is 0. The highest BCUT2D eigenvalue weighted by Crippen LogP contribution is 2.49. The van der Waals surface area contributed by atoms with Crippen LogP contribution in [0.25, 0.3) is 0 Å². The van der Waals surface area contributed by atoms with Crippen LogP contribution in [0.5, 0.6) is 0 Å². The predicted molar refractivity (Wildman–Crippen MR) is 38.2 cm³/mol.